The lowest BCUT2D eigenvalue weighted by atomic mass is 10.1. The summed E-state index contributed by atoms with van der Waals surface area (Å²) in [4.78, 5) is 21.5. The summed E-state index contributed by atoms with van der Waals surface area (Å²) < 4.78 is 0.980. The van der Waals surface area contributed by atoms with E-state index in [1.807, 2.05) is 56.3 Å². The Hall–Kier alpha value is -2.97. The summed E-state index contributed by atoms with van der Waals surface area (Å²) in [5.41, 5.74) is 4.10. The van der Waals surface area contributed by atoms with Gasteiger partial charge < -0.3 is 5.32 Å². The van der Waals surface area contributed by atoms with Gasteiger partial charge in [0, 0.05) is 4.47 Å². The third kappa shape index (κ3) is 5.25. The molecule has 4 nitrogen and oxygen atoms in total. The molecule has 1 heterocycles. The number of hydrogen-bond donors (Lipinski definition) is 1. The molecule has 3 aromatic rings. The van der Waals surface area contributed by atoms with Gasteiger partial charge in [-0.3, -0.25) is 4.79 Å². The Bertz CT molecular complexity index is 963. The molecule has 0 aliphatic heterocycles. The van der Waals surface area contributed by atoms with E-state index in [9.17, 15) is 4.79 Å². The van der Waals surface area contributed by atoms with Gasteiger partial charge in [0.05, 0.1) is 23.9 Å². The smallest absolute Gasteiger partial charge is 0.230 e. The summed E-state index contributed by atoms with van der Waals surface area (Å²) in [5.74, 6) is 0.310. The second-order valence-electron chi connectivity index (χ2n) is 6.27. The number of hydrogen-bond acceptors (Lipinski definition) is 3. The van der Waals surface area contributed by atoms with Crippen molar-refractivity contribution in [3.05, 3.63) is 82.1 Å². The Morgan fingerprint density at radius 1 is 1.22 bits per heavy atom. The second-order valence-corrected chi connectivity index (χ2v) is 7.19. The molecule has 0 aliphatic carbocycles. The number of benzene rings is 1. The zero-order chi connectivity index (χ0) is 19.2. The van der Waals surface area contributed by atoms with Crippen molar-refractivity contribution in [3.8, 4) is 11.3 Å². The molecule has 1 N–H and O–H groups in total. The molecule has 2 aromatic carbocycles. The van der Waals surface area contributed by atoms with Crippen LogP contribution < -0.4 is 5.32 Å². The minimum Gasteiger partial charge on any atom is -0.309 e. The number of nitrogens with one attached hydrogen (secondary N) is 1. The van der Waals surface area contributed by atoms with E-state index in [4.69, 9.17) is 0 Å². The molecule has 0 unspecified atom stereocenters. The molecule has 1 aromatic heterocycles. The molecule has 3 rings (SSSR count). The van der Waals surface area contributed by atoms with Crippen molar-refractivity contribution in [2.24, 2.45) is 0 Å². The van der Waals surface area contributed by atoms with Gasteiger partial charge in [0.15, 0.2) is 5.82 Å². The van der Waals surface area contributed by atoms with E-state index in [2.05, 4.69) is 43.3 Å². The second kappa shape index (κ2) is 8.61. The third-order valence-electron chi connectivity index (χ3n) is 3.69. The van der Waals surface area contributed by atoms with Gasteiger partial charge in [-0.25, -0.2) is 9.97 Å². The lowest BCUT2D eigenvalue weighted by Gasteiger charge is -2.09. The number of halogens is 1. The summed E-state index contributed by atoms with van der Waals surface area (Å²) in [6.45, 7) is 3.95. The van der Waals surface area contributed by atoms with Gasteiger partial charge in [0.2, 0.25) is 5.91 Å². The molecule has 0 saturated carbocycles. The van der Waals surface area contributed by atoms with Crippen molar-refractivity contribution < 1.29 is 4.79 Å². The highest BCUT2D eigenvalue weighted by molar-refractivity contribution is 9.10. The molecule has 27 heavy (non-hydrogen) atoms. The van der Waals surface area contributed by atoms with E-state index in [1.165, 1.54) is 0 Å². The summed E-state index contributed by atoms with van der Waals surface area (Å²) in [6, 6.07) is 19.2. The Morgan fingerprint density at radius 2 is 2.00 bits per heavy atom. The molecule has 0 aliphatic rings. The molecule has 0 fully saturated rings. The fourth-order valence-electron chi connectivity index (χ4n) is 2.47. The van der Waals surface area contributed by atoms with E-state index in [0.717, 1.165) is 21.2 Å². The van der Waals surface area contributed by atoms with Crippen LogP contribution in [0.5, 0.6) is 0 Å². The Balaban J connectivity index is 1.84. The molecule has 0 atom stereocenters. The maximum Gasteiger partial charge on any atom is 0.230 e. The number of carbonyl (C=O) groups excluding carboxylic acids is 1. The lowest BCUT2D eigenvalue weighted by molar-refractivity contribution is -0.115. The van der Waals surface area contributed by atoms with Gasteiger partial charge in [-0.1, -0.05) is 51.8 Å². The average Bonchev–Trinajstić information content (AvgIpc) is 2.65. The highest BCUT2D eigenvalue weighted by atomic mass is 79.9. The van der Waals surface area contributed by atoms with Crippen molar-refractivity contribution >= 4 is 33.7 Å². The summed E-state index contributed by atoms with van der Waals surface area (Å²) >= 11 is 3.39. The first-order valence-electron chi connectivity index (χ1n) is 8.46. The highest BCUT2D eigenvalue weighted by Gasteiger charge is 2.11. The maximum atomic E-state index is 12.4. The van der Waals surface area contributed by atoms with Crippen molar-refractivity contribution in [2.75, 3.05) is 5.32 Å². The minimum absolute atomic E-state index is 0.137. The van der Waals surface area contributed by atoms with Crippen molar-refractivity contribution in [1.29, 1.82) is 0 Å². The molecule has 0 radical (unpaired) electrons. The summed E-state index contributed by atoms with van der Waals surface area (Å²) in [7, 11) is 0. The van der Waals surface area contributed by atoms with Gasteiger partial charge in [-0.05, 0) is 49.8 Å². The van der Waals surface area contributed by atoms with Crippen LogP contribution >= 0.6 is 15.9 Å². The van der Waals surface area contributed by atoms with Gasteiger partial charge >= 0.3 is 0 Å². The van der Waals surface area contributed by atoms with Crippen LogP contribution in [0.1, 0.15) is 25.1 Å². The number of rotatable bonds is 5. The fraction of sp³-hybridized carbons (Fsp3) is 0.136. The first-order valence-corrected chi connectivity index (χ1v) is 9.25. The largest absolute Gasteiger partial charge is 0.309 e. The monoisotopic (exact) mass is 419 g/mol. The van der Waals surface area contributed by atoms with Gasteiger partial charge in [-0.15, -0.1) is 0 Å². The number of anilines is 1. The van der Waals surface area contributed by atoms with Crippen LogP contribution in [0, 0.1) is 12.1 Å². The number of carbonyl (C=O) groups is 1. The van der Waals surface area contributed by atoms with Crippen molar-refractivity contribution in [3.63, 3.8) is 0 Å². The van der Waals surface area contributed by atoms with Crippen molar-refractivity contribution in [1.82, 2.24) is 9.97 Å². The van der Waals surface area contributed by atoms with Gasteiger partial charge in [0.1, 0.15) is 5.69 Å². The SMILES string of the molecule is CC(C)=Cc1nc(-c2c#cccc2)cnc1NC(=O)Cc1ccc(Br)cc1. The van der Waals surface area contributed by atoms with E-state index >= 15 is 0 Å². The topological polar surface area (TPSA) is 54.9 Å². The summed E-state index contributed by atoms with van der Waals surface area (Å²) in [6.07, 6.45) is 3.81. The molecule has 5 heteroatoms. The number of amides is 1. The maximum absolute atomic E-state index is 12.4. The Labute approximate surface area is 167 Å². The van der Waals surface area contributed by atoms with Crippen LogP contribution in [0.25, 0.3) is 17.3 Å². The van der Waals surface area contributed by atoms with Crippen LogP contribution in [0.3, 0.4) is 0 Å². The minimum atomic E-state index is -0.137. The number of aromatic nitrogens is 2. The quantitative estimate of drug-likeness (QED) is 0.624. The fourth-order valence-corrected chi connectivity index (χ4v) is 2.73. The Morgan fingerprint density at radius 3 is 2.67 bits per heavy atom. The zero-order valence-corrected chi connectivity index (χ0v) is 16.7. The summed E-state index contributed by atoms with van der Waals surface area (Å²) in [5, 5.41) is 2.87. The molecule has 1 amide bonds. The van der Waals surface area contributed by atoms with Crippen LogP contribution in [0.15, 0.2) is 58.7 Å². The predicted octanol–water partition coefficient (Wildman–Crippen LogP) is 5.11. The van der Waals surface area contributed by atoms with Gasteiger partial charge in [-0.2, -0.15) is 0 Å². The average molecular weight is 420 g/mol. The lowest BCUT2D eigenvalue weighted by Crippen LogP contribution is -2.16. The molecule has 0 spiro atoms. The number of nitrogens with zero attached hydrogens (tertiary/aromatic N) is 2. The first-order chi connectivity index (χ1) is 13.0. The van der Waals surface area contributed by atoms with Crippen molar-refractivity contribution in [2.45, 2.75) is 20.3 Å². The standard InChI is InChI=1S/C22H18BrN3O/c1-15(2)12-19-22(24-14-20(25-19)17-6-4-3-5-7-17)26-21(27)13-16-8-10-18(23)11-9-16/h3-4,6,8-12,14H,13H2,1-2H3,(H,24,26,27). The molecular weight excluding hydrogens is 402 g/mol. The van der Waals surface area contributed by atoms with E-state index in [0.29, 0.717) is 17.2 Å². The first kappa shape index (κ1) is 18.8. The normalized spacial score (nSPS) is 10.0. The van der Waals surface area contributed by atoms with E-state index < -0.39 is 0 Å². The number of allylic oxidation sites excluding steroid dienone is 1. The molecule has 134 valence electrons. The third-order valence-corrected chi connectivity index (χ3v) is 4.21. The van der Waals surface area contributed by atoms with Crippen LogP contribution in [-0.2, 0) is 11.2 Å². The van der Waals surface area contributed by atoms with Crippen LogP contribution in [0.2, 0.25) is 0 Å². The predicted molar refractivity (Wildman–Crippen MR) is 111 cm³/mol. The van der Waals surface area contributed by atoms with Gasteiger partial charge in [0.25, 0.3) is 0 Å². The Kier molecular flexibility index (Phi) is 6.00. The van der Waals surface area contributed by atoms with E-state index in [1.54, 1.807) is 12.3 Å². The molecular formula is C22H18BrN3O. The molecule has 0 bridgehead atoms. The van der Waals surface area contributed by atoms with Crippen LogP contribution in [0.4, 0.5) is 5.82 Å². The van der Waals surface area contributed by atoms with Crippen LogP contribution in [-0.4, -0.2) is 15.9 Å². The molecule has 0 saturated heterocycles. The van der Waals surface area contributed by atoms with E-state index in [-0.39, 0.29) is 12.3 Å². The zero-order valence-electron chi connectivity index (χ0n) is 15.1. The highest BCUT2D eigenvalue weighted by Crippen LogP contribution is 2.20.